The Morgan fingerprint density at radius 2 is 2.05 bits per heavy atom. The van der Waals surface area contributed by atoms with Gasteiger partial charge in [-0.25, -0.2) is 0 Å². The average molecular weight is 281 g/mol. The predicted molar refractivity (Wildman–Crippen MR) is 83.8 cm³/mol. The Hall–Kier alpha value is -2.29. The number of aromatic hydroxyl groups is 1. The molecule has 0 fully saturated rings. The number of carbonyl (C=O) groups excluding carboxylic acids is 1. The summed E-state index contributed by atoms with van der Waals surface area (Å²) in [5.74, 6) is 0.253. The Kier molecular flexibility index (Phi) is 3.42. The molecule has 0 aliphatic heterocycles. The molecule has 21 heavy (non-hydrogen) atoms. The number of benzene rings is 2. The second kappa shape index (κ2) is 5.24. The minimum absolute atomic E-state index is 0.0529. The summed E-state index contributed by atoms with van der Waals surface area (Å²) in [4.78, 5) is 14.6. The Labute approximate surface area is 124 Å². The number of phenolic OH excluding ortho intramolecular Hbond substituents is 1. The van der Waals surface area contributed by atoms with E-state index in [9.17, 15) is 9.90 Å². The molecule has 0 heterocycles. The summed E-state index contributed by atoms with van der Waals surface area (Å²) < 4.78 is 0. The van der Waals surface area contributed by atoms with E-state index in [2.05, 4.69) is 6.07 Å². The number of nitrogens with zero attached hydrogens (tertiary/aromatic N) is 1. The molecule has 1 amide bonds. The lowest BCUT2D eigenvalue weighted by molar-refractivity contribution is -0.120. The van der Waals surface area contributed by atoms with Crippen LogP contribution >= 0.6 is 0 Å². The molecule has 0 bridgehead atoms. The number of fused-ring (bicyclic) bond motifs is 1. The van der Waals surface area contributed by atoms with Gasteiger partial charge in [-0.05, 0) is 43.0 Å². The highest BCUT2D eigenvalue weighted by Crippen LogP contribution is 2.38. The largest absolute Gasteiger partial charge is 0.508 e. The third-order valence-electron chi connectivity index (χ3n) is 4.22. The first-order valence-electron chi connectivity index (χ1n) is 7.30. The molecular formula is C18H19NO2. The number of amides is 1. The van der Waals surface area contributed by atoms with Crippen molar-refractivity contribution in [3.8, 4) is 5.75 Å². The monoisotopic (exact) mass is 281 g/mol. The van der Waals surface area contributed by atoms with Crippen molar-refractivity contribution in [3.05, 3.63) is 59.2 Å². The summed E-state index contributed by atoms with van der Waals surface area (Å²) in [6.45, 7) is 4.52. The van der Waals surface area contributed by atoms with Gasteiger partial charge in [0.05, 0.1) is 11.6 Å². The summed E-state index contributed by atoms with van der Waals surface area (Å²) in [6.07, 6.45) is 0.809. The molecule has 0 saturated heterocycles. The molecule has 1 aliphatic carbocycles. The topological polar surface area (TPSA) is 40.5 Å². The molecule has 1 atom stereocenters. The van der Waals surface area contributed by atoms with Crippen LogP contribution in [0.4, 0.5) is 5.69 Å². The van der Waals surface area contributed by atoms with Crippen molar-refractivity contribution in [2.24, 2.45) is 0 Å². The van der Waals surface area contributed by atoms with Gasteiger partial charge in [0, 0.05) is 12.6 Å². The van der Waals surface area contributed by atoms with E-state index < -0.39 is 0 Å². The molecule has 0 spiro atoms. The van der Waals surface area contributed by atoms with Crippen LogP contribution in [0.3, 0.4) is 0 Å². The van der Waals surface area contributed by atoms with Crippen molar-refractivity contribution >= 4 is 11.6 Å². The van der Waals surface area contributed by atoms with Gasteiger partial charge >= 0.3 is 0 Å². The molecule has 2 aromatic carbocycles. The van der Waals surface area contributed by atoms with Crippen LogP contribution in [0.15, 0.2) is 42.5 Å². The number of carbonyl (C=O) groups is 1. The van der Waals surface area contributed by atoms with Gasteiger partial charge in [0.2, 0.25) is 5.91 Å². The zero-order valence-corrected chi connectivity index (χ0v) is 12.3. The maximum Gasteiger partial charge on any atom is 0.234 e. The SMILES string of the molecule is CCN(C(=O)C1Cc2ccccc21)c1cc(O)ccc1C. The number of hydrogen-bond donors (Lipinski definition) is 1. The lowest BCUT2D eigenvalue weighted by Crippen LogP contribution is -2.39. The molecule has 2 aromatic rings. The minimum Gasteiger partial charge on any atom is -0.508 e. The first-order valence-corrected chi connectivity index (χ1v) is 7.30. The predicted octanol–water partition coefficient (Wildman–Crippen LogP) is 3.39. The fourth-order valence-electron chi connectivity index (χ4n) is 3.00. The van der Waals surface area contributed by atoms with Gasteiger partial charge in [-0.3, -0.25) is 4.79 Å². The zero-order chi connectivity index (χ0) is 15.0. The number of likely N-dealkylation sites (N-methyl/N-ethyl adjacent to an activating group) is 1. The number of anilines is 1. The highest BCUT2D eigenvalue weighted by Gasteiger charge is 2.35. The summed E-state index contributed by atoms with van der Waals surface area (Å²) in [5, 5.41) is 9.69. The average Bonchev–Trinajstić information content (AvgIpc) is 2.45. The number of hydrogen-bond acceptors (Lipinski definition) is 2. The van der Waals surface area contributed by atoms with Crippen molar-refractivity contribution in [2.45, 2.75) is 26.2 Å². The highest BCUT2D eigenvalue weighted by atomic mass is 16.3. The first kappa shape index (κ1) is 13.7. The fourth-order valence-corrected chi connectivity index (χ4v) is 3.00. The van der Waals surface area contributed by atoms with E-state index in [0.717, 1.165) is 23.2 Å². The van der Waals surface area contributed by atoms with E-state index in [4.69, 9.17) is 0 Å². The van der Waals surface area contributed by atoms with Crippen LogP contribution in [-0.2, 0) is 11.2 Å². The number of rotatable bonds is 3. The smallest absolute Gasteiger partial charge is 0.234 e. The van der Waals surface area contributed by atoms with Crippen LogP contribution in [0, 0.1) is 6.92 Å². The maximum absolute atomic E-state index is 12.8. The standard InChI is InChI=1S/C18H19NO2/c1-3-19(17-11-14(20)9-8-12(17)2)18(21)16-10-13-6-4-5-7-15(13)16/h4-9,11,16,20H,3,10H2,1-2H3. The van der Waals surface area contributed by atoms with Gasteiger partial charge in [0.15, 0.2) is 0 Å². The quantitative estimate of drug-likeness (QED) is 0.936. The second-order valence-corrected chi connectivity index (χ2v) is 5.51. The van der Waals surface area contributed by atoms with Gasteiger partial charge < -0.3 is 10.0 Å². The maximum atomic E-state index is 12.8. The molecule has 3 nitrogen and oxygen atoms in total. The third-order valence-corrected chi connectivity index (χ3v) is 4.22. The van der Waals surface area contributed by atoms with Crippen LogP contribution in [0.25, 0.3) is 0 Å². The van der Waals surface area contributed by atoms with Crippen LogP contribution in [0.1, 0.15) is 29.5 Å². The van der Waals surface area contributed by atoms with Gasteiger partial charge in [-0.1, -0.05) is 30.3 Å². The Morgan fingerprint density at radius 3 is 2.76 bits per heavy atom. The van der Waals surface area contributed by atoms with Crippen LogP contribution in [0.2, 0.25) is 0 Å². The Balaban J connectivity index is 1.91. The van der Waals surface area contributed by atoms with Crippen LogP contribution in [0.5, 0.6) is 5.75 Å². The van der Waals surface area contributed by atoms with E-state index in [-0.39, 0.29) is 17.6 Å². The van der Waals surface area contributed by atoms with Gasteiger partial charge in [-0.2, -0.15) is 0 Å². The van der Waals surface area contributed by atoms with Crippen molar-refractivity contribution in [1.29, 1.82) is 0 Å². The Bertz CT molecular complexity index is 693. The fraction of sp³-hybridized carbons (Fsp3) is 0.278. The van der Waals surface area contributed by atoms with E-state index in [1.807, 2.05) is 38.1 Å². The highest BCUT2D eigenvalue weighted by molar-refractivity contribution is 6.00. The second-order valence-electron chi connectivity index (χ2n) is 5.51. The minimum atomic E-state index is -0.0529. The van der Waals surface area contributed by atoms with E-state index in [1.54, 1.807) is 17.0 Å². The van der Waals surface area contributed by atoms with Gasteiger partial charge in [0.1, 0.15) is 5.75 Å². The van der Waals surface area contributed by atoms with Crippen LogP contribution in [-0.4, -0.2) is 17.6 Å². The van der Waals surface area contributed by atoms with Gasteiger partial charge in [0.25, 0.3) is 0 Å². The van der Waals surface area contributed by atoms with Crippen molar-refractivity contribution in [3.63, 3.8) is 0 Å². The number of aryl methyl sites for hydroxylation is 1. The summed E-state index contributed by atoms with van der Waals surface area (Å²) in [7, 11) is 0. The van der Waals surface area contributed by atoms with Gasteiger partial charge in [-0.15, -0.1) is 0 Å². The molecule has 0 aromatic heterocycles. The molecule has 108 valence electrons. The molecule has 1 N–H and O–H groups in total. The van der Waals surface area contributed by atoms with Crippen LogP contribution < -0.4 is 4.90 Å². The van der Waals surface area contributed by atoms with Crippen molar-refractivity contribution < 1.29 is 9.90 Å². The molecule has 1 aliphatic rings. The molecule has 0 radical (unpaired) electrons. The molecule has 1 unspecified atom stereocenters. The molecule has 3 heteroatoms. The van der Waals surface area contributed by atoms with Crippen molar-refractivity contribution in [2.75, 3.05) is 11.4 Å². The normalized spacial score (nSPS) is 16.0. The van der Waals surface area contributed by atoms with E-state index >= 15 is 0 Å². The molecular weight excluding hydrogens is 262 g/mol. The summed E-state index contributed by atoms with van der Waals surface area (Å²) in [5.41, 5.74) is 4.20. The number of phenols is 1. The van der Waals surface area contributed by atoms with E-state index in [0.29, 0.717) is 6.54 Å². The van der Waals surface area contributed by atoms with E-state index in [1.165, 1.54) is 5.56 Å². The summed E-state index contributed by atoms with van der Waals surface area (Å²) >= 11 is 0. The lowest BCUT2D eigenvalue weighted by atomic mass is 9.76. The zero-order valence-electron chi connectivity index (χ0n) is 12.3. The Morgan fingerprint density at radius 1 is 1.29 bits per heavy atom. The molecule has 0 saturated carbocycles. The lowest BCUT2D eigenvalue weighted by Gasteiger charge is -2.34. The van der Waals surface area contributed by atoms with Crippen molar-refractivity contribution in [1.82, 2.24) is 0 Å². The molecule has 3 rings (SSSR count). The third kappa shape index (κ3) is 2.29. The summed E-state index contributed by atoms with van der Waals surface area (Å²) in [6, 6.07) is 13.3. The first-order chi connectivity index (χ1) is 10.1.